The van der Waals surface area contributed by atoms with Crippen LogP contribution in [0.4, 0.5) is 0 Å². The number of unbranched alkanes of at least 4 members (excludes halogenated alkanes) is 1. The average Bonchev–Trinajstić information content (AvgIpc) is 2.25. The summed E-state index contributed by atoms with van der Waals surface area (Å²) < 4.78 is 6.95. The molecule has 0 spiro atoms. The lowest BCUT2D eigenvalue weighted by molar-refractivity contribution is 0.118. The molecule has 0 aliphatic rings. The normalized spacial score (nSPS) is 9.79. The van der Waals surface area contributed by atoms with E-state index in [1.54, 1.807) is 0 Å². The maximum Gasteiger partial charge on any atom is 0.468 e. The SMILES string of the molecule is [Br][Mg][CH2]CCCOCc1ccccc1. The molecule has 1 aromatic carbocycles. The van der Waals surface area contributed by atoms with E-state index in [4.69, 9.17) is 4.74 Å². The van der Waals surface area contributed by atoms with Gasteiger partial charge in [-0.1, -0.05) is 36.8 Å². The molecule has 0 N–H and O–H groups in total. The maximum absolute atomic E-state index is 5.57. The molecule has 3 heteroatoms. The monoisotopic (exact) mass is 266 g/mol. The molecule has 0 aliphatic carbocycles. The first-order valence-corrected chi connectivity index (χ1v) is 10.0. The Balaban J connectivity index is 1.99. The fourth-order valence-corrected chi connectivity index (χ4v) is 2.97. The highest BCUT2D eigenvalue weighted by Crippen LogP contribution is 2.03. The Hall–Kier alpha value is 0.426. The van der Waals surface area contributed by atoms with Gasteiger partial charge in [-0.3, -0.25) is 0 Å². The average molecular weight is 267 g/mol. The van der Waals surface area contributed by atoms with Gasteiger partial charge in [0.1, 0.15) is 0 Å². The molecule has 0 aromatic heterocycles. The Kier molecular flexibility index (Phi) is 7.78. The summed E-state index contributed by atoms with van der Waals surface area (Å²) in [5.74, 6) is 0. The molecule has 1 rings (SSSR count). The summed E-state index contributed by atoms with van der Waals surface area (Å²) in [4.78, 5) is 0. The van der Waals surface area contributed by atoms with Gasteiger partial charge >= 0.3 is 18.2 Å². The van der Waals surface area contributed by atoms with Crippen molar-refractivity contribution in [3.63, 3.8) is 0 Å². The Morgan fingerprint density at radius 2 is 1.93 bits per heavy atom. The lowest BCUT2D eigenvalue weighted by Crippen LogP contribution is -1.95. The summed E-state index contributed by atoms with van der Waals surface area (Å²) in [6.07, 6.45) is 2.51. The van der Waals surface area contributed by atoms with Gasteiger partial charge in [-0.25, -0.2) is 0 Å². The van der Waals surface area contributed by atoms with Crippen molar-refractivity contribution in [2.45, 2.75) is 24.0 Å². The second-order valence-corrected chi connectivity index (χ2v) is 6.75. The van der Waals surface area contributed by atoms with Crippen LogP contribution in [-0.2, 0) is 11.3 Å². The van der Waals surface area contributed by atoms with Gasteiger partial charge in [0.25, 0.3) is 0 Å². The number of hydrogen-bond acceptors (Lipinski definition) is 1. The van der Waals surface area contributed by atoms with Gasteiger partial charge in [-0.2, -0.15) is 0 Å². The van der Waals surface area contributed by atoms with Gasteiger partial charge in [-0.15, -0.1) is 4.55 Å². The molecular formula is C11H15BrMgO. The molecule has 0 saturated heterocycles. The molecule has 74 valence electrons. The summed E-state index contributed by atoms with van der Waals surface area (Å²) in [5.41, 5.74) is 1.27. The topological polar surface area (TPSA) is 9.23 Å². The zero-order valence-electron chi connectivity index (χ0n) is 8.42. The van der Waals surface area contributed by atoms with Gasteiger partial charge in [0, 0.05) is 6.61 Å². The van der Waals surface area contributed by atoms with Crippen molar-refractivity contribution in [2.75, 3.05) is 6.61 Å². The predicted molar refractivity (Wildman–Crippen MR) is 64.8 cm³/mol. The molecule has 0 saturated carbocycles. The van der Waals surface area contributed by atoms with Crippen LogP contribution in [0.2, 0.25) is 4.55 Å². The third-order valence-corrected chi connectivity index (χ3v) is 4.48. The summed E-state index contributed by atoms with van der Waals surface area (Å²) in [5, 5.41) is 0. The van der Waals surface area contributed by atoms with Crippen molar-refractivity contribution in [2.24, 2.45) is 0 Å². The second kappa shape index (κ2) is 8.71. The van der Waals surface area contributed by atoms with Gasteiger partial charge < -0.3 is 17.6 Å². The summed E-state index contributed by atoms with van der Waals surface area (Å²) in [7, 11) is 0. The first kappa shape index (κ1) is 12.5. The van der Waals surface area contributed by atoms with Gasteiger partial charge in [-0.05, 0) is 12.0 Å². The molecule has 0 radical (unpaired) electrons. The van der Waals surface area contributed by atoms with Gasteiger partial charge in [0.15, 0.2) is 0 Å². The van der Waals surface area contributed by atoms with Gasteiger partial charge in [0.2, 0.25) is 0 Å². The van der Waals surface area contributed by atoms with Crippen molar-refractivity contribution < 1.29 is 4.74 Å². The van der Waals surface area contributed by atoms with E-state index in [9.17, 15) is 0 Å². The lowest BCUT2D eigenvalue weighted by Gasteiger charge is -2.03. The van der Waals surface area contributed by atoms with Crippen LogP contribution in [0.3, 0.4) is 0 Å². The Bertz CT molecular complexity index is 228. The van der Waals surface area contributed by atoms with Crippen molar-refractivity contribution in [1.82, 2.24) is 0 Å². The Labute approximate surface area is 102 Å². The summed E-state index contributed by atoms with van der Waals surface area (Å²) in [6, 6.07) is 10.3. The summed E-state index contributed by atoms with van der Waals surface area (Å²) in [6.45, 7) is 1.66. The van der Waals surface area contributed by atoms with E-state index in [0.29, 0.717) is 0 Å². The van der Waals surface area contributed by atoms with E-state index in [2.05, 4.69) is 37.1 Å². The molecule has 0 heterocycles. The first-order valence-electron chi connectivity index (χ1n) is 5.11. The van der Waals surface area contributed by atoms with E-state index in [0.717, 1.165) is 13.2 Å². The molecule has 0 amide bonds. The van der Waals surface area contributed by atoms with Crippen molar-refractivity contribution in [3.8, 4) is 0 Å². The van der Waals surface area contributed by atoms with Crippen molar-refractivity contribution >= 4 is 31.1 Å². The standard InChI is InChI=1S/C11H15O.BrH.Mg/c1-2-3-9-12-10-11-7-5-4-6-8-11;;/h4-8H,1-3,9-10H2;1H;/q;;+1/p-1. The number of hydrogen-bond donors (Lipinski definition) is 0. The smallest absolute Gasteiger partial charge is 0.377 e. The van der Waals surface area contributed by atoms with E-state index in [-0.39, 0.29) is 18.2 Å². The number of halogens is 1. The minimum Gasteiger partial charge on any atom is -0.377 e. The summed E-state index contributed by atoms with van der Waals surface area (Å²) >= 11 is 3.64. The second-order valence-electron chi connectivity index (χ2n) is 3.29. The number of benzene rings is 1. The first-order chi connectivity index (χ1) is 6.93. The molecule has 14 heavy (non-hydrogen) atoms. The molecule has 0 fully saturated rings. The van der Waals surface area contributed by atoms with E-state index in [1.165, 1.54) is 23.0 Å². The zero-order valence-corrected chi connectivity index (χ0v) is 11.4. The van der Waals surface area contributed by atoms with Crippen LogP contribution in [0.5, 0.6) is 0 Å². The third kappa shape index (κ3) is 6.01. The highest BCUT2D eigenvalue weighted by molar-refractivity contribution is 9.23. The van der Waals surface area contributed by atoms with E-state index >= 15 is 0 Å². The molecular weight excluding hydrogens is 252 g/mol. The van der Waals surface area contributed by atoms with Crippen LogP contribution in [0.25, 0.3) is 0 Å². The molecule has 0 bridgehead atoms. The Morgan fingerprint density at radius 1 is 1.14 bits per heavy atom. The zero-order chi connectivity index (χ0) is 10.1. The largest absolute Gasteiger partial charge is 0.468 e. The predicted octanol–water partition coefficient (Wildman–Crippen LogP) is 3.42. The fraction of sp³-hybridized carbons (Fsp3) is 0.455. The molecule has 0 unspecified atom stereocenters. The maximum atomic E-state index is 5.57. The van der Waals surface area contributed by atoms with Crippen LogP contribution in [0.15, 0.2) is 30.3 Å². The van der Waals surface area contributed by atoms with Crippen LogP contribution in [-0.4, -0.2) is 24.8 Å². The van der Waals surface area contributed by atoms with Gasteiger partial charge in [0.05, 0.1) is 6.61 Å². The quantitative estimate of drug-likeness (QED) is 0.543. The number of rotatable bonds is 7. The van der Waals surface area contributed by atoms with Crippen LogP contribution >= 0.6 is 12.9 Å². The molecule has 0 aliphatic heterocycles. The highest BCUT2D eigenvalue weighted by atomic mass is 79.9. The lowest BCUT2D eigenvalue weighted by atomic mass is 10.2. The number of ether oxygens (including phenoxy) is 1. The fourth-order valence-electron chi connectivity index (χ4n) is 1.24. The highest BCUT2D eigenvalue weighted by Gasteiger charge is 1.93. The van der Waals surface area contributed by atoms with Crippen LogP contribution in [0.1, 0.15) is 18.4 Å². The van der Waals surface area contributed by atoms with Crippen molar-refractivity contribution in [3.05, 3.63) is 35.9 Å². The van der Waals surface area contributed by atoms with E-state index < -0.39 is 0 Å². The van der Waals surface area contributed by atoms with Crippen molar-refractivity contribution in [1.29, 1.82) is 0 Å². The molecule has 1 aromatic rings. The minimum atomic E-state index is 0.0860. The third-order valence-electron chi connectivity index (χ3n) is 2.03. The van der Waals surface area contributed by atoms with Crippen LogP contribution in [0, 0.1) is 0 Å². The minimum absolute atomic E-state index is 0.0860. The van der Waals surface area contributed by atoms with E-state index in [1.807, 2.05) is 6.07 Å². The molecule has 1 nitrogen and oxygen atoms in total. The van der Waals surface area contributed by atoms with Crippen LogP contribution < -0.4 is 0 Å². The molecule has 0 atom stereocenters. The Morgan fingerprint density at radius 3 is 2.64 bits per heavy atom.